The average molecular weight is 333 g/mol. The number of nitrogens with zero attached hydrogens (tertiary/aromatic N) is 1. The van der Waals surface area contributed by atoms with E-state index in [9.17, 15) is 9.59 Å². The number of hydrazone groups is 1. The maximum absolute atomic E-state index is 11.8. The molecule has 3 aromatic rings. The number of hydrogen-bond donors (Lipinski definition) is 2. The molecule has 0 saturated carbocycles. The van der Waals surface area contributed by atoms with Crippen LogP contribution in [0.1, 0.15) is 19.4 Å². The molecule has 0 bridgehead atoms. The van der Waals surface area contributed by atoms with Crippen molar-refractivity contribution in [2.45, 2.75) is 19.9 Å². The number of amides is 2. The highest BCUT2D eigenvalue weighted by molar-refractivity contribution is 6.35. The fraction of sp³-hybridized carbons (Fsp3) is 0.150. The Balaban J connectivity index is 1.94. The lowest BCUT2D eigenvalue weighted by Crippen LogP contribution is -2.41. The van der Waals surface area contributed by atoms with Crippen LogP contribution < -0.4 is 10.7 Å². The van der Waals surface area contributed by atoms with E-state index in [0.29, 0.717) is 0 Å². The van der Waals surface area contributed by atoms with E-state index in [1.54, 1.807) is 20.1 Å². The molecule has 0 spiro atoms. The fourth-order valence-electron chi connectivity index (χ4n) is 2.72. The Hall–Kier alpha value is -3.21. The molecule has 5 heteroatoms. The van der Waals surface area contributed by atoms with Gasteiger partial charge in [0.05, 0.1) is 6.21 Å². The average Bonchev–Trinajstić information content (AvgIpc) is 2.60. The monoisotopic (exact) mass is 333 g/mol. The highest BCUT2D eigenvalue weighted by atomic mass is 16.2. The number of rotatable bonds is 3. The van der Waals surface area contributed by atoms with Crippen LogP contribution in [0.5, 0.6) is 0 Å². The van der Waals surface area contributed by atoms with Crippen molar-refractivity contribution >= 4 is 39.6 Å². The first-order valence-corrected chi connectivity index (χ1v) is 8.10. The lowest BCUT2D eigenvalue weighted by Gasteiger charge is -2.08. The molecule has 0 unspecified atom stereocenters. The van der Waals surface area contributed by atoms with E-state index in [1.807, 2.05) is 48.5 Å². The molecule has 25 heavy (non-hydrogen) atoms. The molecular weight excluding hydrogens is 314 g/mol. The van der Waals surface area contributed by atoms with E-state index in [2.05, 4.69) is 21.9 Å². The van der Waals surface area contributed by atoms with Crippen molar-refractivity contribution in [3.05, 3.63) is 60.2 Å². The summed E-state index contributed by atoms with van der Waals surface area (Å²) in [4.78, 5) is 23.4. The van der Waals surface area contributed by atoms with Crippen LogP contribution in [-0.4, -0.2) is 24.1 Å². The van der Waals surface area contributed by atoms with Crippen LogP contribution >= 0.6 is 0 Å². The van der Waals surface area contributed by atoms with Gasteiger partial charge in [0, 0.05) is 11.6 Å². The minimum absolute atomic E-state index is 0.107. The standard InChI is InChI=1S/C20H19N3O2/c1-13(2)22-19(24)20(25)23-21-12-18-16-9-5-3-7-14(16)11-15-8-4-6-10-17(15)18/h3-13H,1-2H3,(H,22,24)(H,23,25)/b21-12-. The molecule has 3 rings (SSSR count). The van der Waals surface area contributed by atoms with Crippen LogP contribution in [0, 0.1) is 0 Å². The number of fused-ring (bicyclic) bond motifs is 2. The number of hydrogen-bond acceptors (Lipinski definition) is 3. The second-order valence-electron chi connectivity index (χ2n) is 6.06. The third kappa shape index (κ3) is 3.66. The van der Waals surface area contributed by atoms with Gasteiger partial charge >= 0.3 is 11.8 Å². The molecule has 0 fully saturated rings. The van der Waals surface area contributed by atoms with Gasteiger partial charge in [0.25, 0.3) is 0 Å². The predicted molar refractivity (Wildman–Crippen MR) is 100 cm³/mol. The van der Waals surface area contributed by atoms with Crippen LogP contribution in [0.4, 0.5) is 0 Å². The molecule has 2 amide bonds. The Morgan fingerprint density at radius 2 is 1.48 bits per heavy atom. The Kier molecular flexibility index (Phi) is 4.75. The minimum atomic E-state index is -0.783. The predicted octanol–water partition coefficient (Wildman–Crippen LogP) is 2.97. The van der Waals surface area contributed by atoms with Gasteiger partial charge in [-0.15, -0.1) is 0 Å². The molecule has 0 heterocycles. The van der Waals surface area contributed by atoms with E-state index in [4.69, 9.17) is 0 Å². The molecule has 0 saturated heterocycles. The topological polar surface area (TPSA) is 70.6 Å². The molecule has 0 aliphatic heterocycles. The normalized spacial score (nSPS) is 11.3. The van der Waals surface area contributed by atoms with Crippen molar-refractivity contribution in [1.29, 1.82) is 0 Å². The Morgan fingerprint density at radius 1 is 0.920 bits per heavy atom. The lowest BCUT2D eigenvalue weighted by molar-refractivity contribution is -0.139. The molecule has 0 atom stereocenters. The summed E-state index contributed by atoms with van der Waals surface area (Å²) in [6.07, 6.45) is 1.59. The van der Waals surface area contributed by atoms with E-state index in [0.717, 1.165) is 27.1 Å². The zero-order valence-electron chi connectivity index (χ0n) is 14.1. The molecule has 126 valence electrons. The fourth-order valence-corrected chi connectivity index (χ4v) is 2.72. The summed E-state index contributed by atoms with van der Waals surface area (Å²) < 4.78 is 0. The largest absolute Gasteiger partial charge is 0.346 e. The van der Waals surface area contributed by atoms with E-state index >= 15 is 0 Å². The minimum Gasteiger partial charge on any atom is -0.346 e. The van der Waals surface area contributed by atoms with Gasteiger partial charge in [-0.25, -0.2) is 5.43 Å². The molecular formula is C20H19N3O2. The first-order valence-electron chi connectivity index (χ1n) is 8.10. The first-order chi connectivity index (χ1) is 12.1. The van der Waals surface area contributed by atoms with Crippen molar-refractivity contribution < 1.29 is 9.59 Å². The number of benzene rings is 3. The number of nitrogens with one attached hydrogen (secondary N) is 2. The highest BCUT2D eigenvalue weighted by Gasteiger charge is 2.13. The van der Waals surface area contributed by atoms with Gasteiger partial charge in [0.15, 0.2) is 0 Å². The maximum atomic E-state index is 11.8. The van der Waals surface area contributed by atoms with Gasteiger partial charge in [-0.3, -0.25) is 9.59 Å². The summed E-state index contributed by atoms with van der Waals surface area (Å²) in [7, 11) is 0. The van der Waals surface area contributed by atoms with Crippen molar-refractivity contribution in [3.63, 3.8) is 0 Å². The van der Waals surface area contributed by atoms with Gasteiger partial charge in [0.2, 0.25) is 0 Å². The Morgan fingerprint density at radius 3 is 2.04 bits per heavy atom. The molecule has 0 aromatic heterocycles. The second kappa shape index (κ2) is 7.13. The summed E-state index contributed by atoms with van der Waals surface area (Å²) in [6.45, 7) is 3.58. The summed E-state index contributed by atoms with van der Waals surface area (Å²) in [5.74, 6) is -1.48. The van der Waals surface area contributed by atoms with Gasteiger partial charge < -0.3 is 5.32 Å². The zero-order valence-corrected chi connectivity index (χ0v) is 14.1. The quantitative estimate of drug-likeness (QED) is 0.335. The van der Waals surface area contributed by atoms with Crippen LogP contribution in [0.15, 0.2) is 59.7 Å². The zero-order chi connectivity index (χ0) is 17.8. The van der Waals surface area contributed by atoms with Crippen LogP contribution in [0.25, 0.3) is 21.5 Å². The van der Waals surface area contributed by atoms with Crippen LogP contribution in [-0.2, 0) is 9.59 Å². The molecule has 5 nitrogen and oxygen atoms in total. The summed E-state index contributed by atoms with van der Waals surface area (Å²) in [5, 5.41) is 10.8. The number of carbonyl (C=O) groups excluding carboxylic acids is 2. The maximum Gasteiger partial charge on any atom is 0.329 e. The third-order valence-corrected chi connectivity index (χ3v) is 3.80. The molecule has 0 aliphatic rings. The summed E-state index contributed by atoms with van der Waals surface area (Å²) in [6, 6.07) is 18.0. The molecule has 0 aliphatic carbocycles. The van der Waals surface area contributed by atoms with Crippen molar-refractivity contribution in [2.24, 2.45) is 5.10 Å². The van der Waals surface area contributed by atoms with Crippen LogP contribution in [0.3, 0.4) is 0 Å². The van der Waals surface area contributed by atoms with Crippen molar-refractivity contribution in [2.75, 3.05) is 0 Å². The second-order valence-corrected chi connectivity index (χ2v) is 6.06. The molecule has 3 aromatic carbocycles. The van der Waals surface area contributed by atoms with Gasteiger partial charge in [0.1, 0.15) is 0 Å². The van der Waals surface area contributed by atoms with Crippen LogP contribution in [0.2, 0.25) is 0 Å². The van der Waals surface area contributed by atoms with Crippen molar-refractivity contribution in [3.8, 4) is 0 Å². The van der Waals surface area contributed by atoms with E-state index in [1.165, 1.54) is 0 Å². The smallest absolute Gasteiger partial charge is 0.329 e. The third-order valence-electron chi connectivity index (χ3n) is 3.80. The van der Waals surface area contributed by atoms with Gasteiger partial charge in [-0.1, -0.05) is 48.5 Å². The van der Waals surface area contributed by atoms with E-state index < -0.39 is 11.8 Å². The Bertz CT molecular complexity index is 923. The highest BCUT2D eigenvalue weighted by Crippen LogP contribution is 2.27. The molecule has 2 N–H and O–H groups in total. The van der Waals surface area contributed by atoms with Crippen molar-refractivity contribution in [1.82, 2.24) is 10.7 Å². The van der Waals surface area contributed by atoms with E-state index in [-0.39, 0.29) is 6.04 Å². The summed E-state index contributed by atoms with van der Waals surface area (Å²) in [5.41, 5.74) is 3.19. The Labute approximate surface area is 145 Å². The number of carbonyl (C=O) groups is 2. The summed E-state index contributed by atoms with van der Waals surface area (Å²) >= 11 is 0. The SMILES string of the molecule is CC(C)NC(=O)C(=O)N/N=C\c1c2ccccc2cc2ccccc12. The van der Waals surface area contributed by atoms with Gasteiger partial charge in [-0.2, -0.15) is 5.10 Å². The van der Waals surface area contributed by atoms with Gasteiger partial charge in [-0.05, 0) is 41.5 Å². The lowest BCUT2D eigenvalue weighted by atomic mass is 9.97. The first kappa shape index (κ1) is 16.6. The molecule has 0 radical (unpaired) electrons.